The molecule has 0 spiro atoms. The number of nitrogens with zero attached hydrogens (tertiary/aromatic N) is 2. The molecule has 3 rings (SSSR count). The molecule has 0 aliphatic heterocycles. The number of benzene rings is 3. The lowest BCUT2D eigenvalue weighted by Crippen LogP contribution is -2.41. The molecule has 0 heterocycles. The number of amides is 4. The van der Waals surface area contributed by atoms with Gasteiger partial charge in [0.15, 0.2) is 0 Å². The van der Waals surface area contributed by atoms with Crippen molar-refractivity contribution in [2.45, 2.75) is 0 Å². The molecule has 0 saturated heterocycles. The summed E-state index contributed by atoms with van der Waals surface area (Å²) in [5, 5.41) is 5.47. The van der Waals surface area contributed by atoms with E-state index in [0.717, 1.165) is 31.6 Å². The van der Waals surface area contributed by atoms with Gasteiger partial charge in [-0.05, 0) is 45.8 Å². The predicted octanol–water partition coefficient (Wildman–Crippen LogP) is 1.51. The topological polar surface area (TPSA) is 145 Å². The van der Waals surface area contributed by atoms with Crippen LogP contribution in [0.1, 0.15) is 0 Å². The first-order valence-corrected chi connectivity index (χ1v) is 7.03. The molecule has 0 aliphatic rings. The lowest BCUT2D eigenvalue weighted by atomic mass is 10.0. The zero-order valence-electron chi connectivity index (χ0n) is 12.6. The summed E-state index contributed by atoms with van der Waals surface area (Å²) in [5.41, 5.74) is 11.3. The normalized spacial score (nSPS) is 10.8. The number of primary amides is 2. The van der Waals surface area contributed by atoms with Crippen LogP contribution >= 0.6 is 0 Å². The third kappa shape index (κ3) is 2.56. The first-order chi connectivity index (χ1) is 11.4. The Morgan fingerprint density at radius 3 is 1.38 bits per heavy atom. The minimum Gasteiger partial charge on any atom is -0.350 e. The molecular weight excluding hydrogens is 308 g/mol. The number of rotatable bonds is 2. The fourth-order valence-electron chi connectivity index (χ4n) is 2.60. The van der Waals surface area contributed by atoms with Crippen LogP contribution in [0.2, 0.25) is 0 Å². The second kappa shape index (κ2) is 5.69. The van der Waals surface area contributed by atoms with Crippen LogP contribution in [0.25, 0.3) is 21.5 Å². The Kier molecular flexibility index (Phi) is 3.68. The molecular formula is C16H16N6O2. The summed E-state index contributed by atoms with van der Waals surface area (Å²) < 4.78 is 0. The van der Waals surface area contributed by atoms with E-state index in [9.17, 15) is 9.59 Å². The number of carbonyl (C=O) groups excluding carboxylic acids is 2. The van der Waals surface area contributed by atoms with E-state index in [2.05, 4.69) is 0 Å². The van der Waals surface area contributed by atoms with Crippen LogP contribution in [0.3, 0.4) is 0 Å². The highest BCUT2D eigenvalue weighted by molar-refractivity contribution is 6.10. The third-order valence-corrected chi connectivity index (χ3v) is 3.83. The highest BCUT2D eigenvalue weighted by Crippen LogP contribution is 2.30. The van der Waals surface area contributed by atoms with Gasteiger partial charge < -0.3 is 11.5 Å². The molecule has 0 saturated carbocycles. The van der Waals surface area contributed by atoms with Gasteiger partial charge in [-0.3, -0.25) is 0 Å². The Balaban J connectivity index is 2.14. The number of carbonyl (C=O) groups is 2. The molecule has 4 amide bonds. The highest BCUT2D eigenvalue weighted by Gasteiger charge is 2.11. The maximum absolute atomic E-state index is 11.2. The number of hydrogen-bond acceptors (Lipinski definition) is 4. The predicted molar refractivity (Wildman–Crippen MR) is 94.0 cm³/mol. The Hall–Kier alpha value is -3.36. The van der Waals surface area contributed by atoms with Crippen LogP contribution < -0.4 is 33.2 Å². The smallest absolute Gasteiger partial charge is 0.333 e. The molecule has 0 atom stereocenters. The Bertz CT molecular complexity index is 893. The van der Waals surface area contributed by atoms with Gasteiger partial charge in [-0.15, -0.1) is 0 Å². The van der Waals surface area contributed by atoms with Gasteiger partial charge in [0.25, 0.3) is 0 Å². The van der Waals surface area contributed by atoms with Crippen molar-refractivity contribution in [3.63, 3.8) is 0 Å². The van der Waals surface area contributed by atoms with E-state index in [1.165, 1.54) is 0 Å². The fraction of sp³-hybridized carbons (Fsp3) is 0. The van der Waals surface area contributed by atoms with Crippen molar-refractivity contribution in [2.24, 2.45) is 23.2 Å². The molecule has 8 nitrogen and oxygen atoms in total. The maximum atomic E-state index is 11.2. The zero-order valence-corrected chi connectivity index (χ0v) is 12.6. The lowest BCUT2D eigenvalue weighted by Gasteiger charge is -2.16. The number of anilines is 2. The maximum Gasteiger partial charge on any atom is 0.333 e. The van der Waals surface area contributed by atoms with Gasteiger partial charge in [-0.2, -0.15) is 0 Å². The standard InChI is InChI=1S/C16H16N6O2/c17-15(23)21(19)11-3-5-13-9(7-11)1-2-10-8-12(4-6-14(10)13)22(20)16(18)24/h1-8H,19-20H2,(H2,17,23)(H2,18,24). The summed E-state index contributed by atoms with van der Waals surface area (Å²) in [4.78, 5) is 22.3. The Labute approximate surface area is 137 Å². The van der Waals surface area contributed by atoms with E-state index < -0.39 is 12.1 Å². The first-order valence-electron chi connectivity index (χ1n) is 7.03. The molecule has 8 N–H and O–H groups in total. The van der Waals surface area contributed by atoms with Gasteiger partial charge in [0.1, 0.15) is 0 Å². The summed E-state index contributed by atoms with van der Waals surface area (Å²) in [7, 11) is 0. The summed E-state index contributed by atoms with van der Waals surface area (Å²) in [6, 6.07) is 12.9. The minimum atomic E-state index is -0.741. The van der Waals surface area contributed by atoms with Crippen molar-refractivity contribution >= 4 is 45.0 Å². The number of fused-ring (bicyclic) bond motifs is 3. The van der Waals surface area contributed by atoms with E-state index in [4.69, 9.17) is 23.2 Å². The number of hydrazine groups is 2. The average Bonchev–Trinajstić information content (AvgIpc) is 2.58. The van der Waals surface area contributed by atoms with Crippen molar-refractivity contribution in [1.29, 1.82) is 0 Å². The van der Waals surface area contributed by atoms with Crippen LogP contribution in [0.5, 0.6) is 0 Å². The molecule has 0 aliphatic carbocycles. The average molecular weight is 324 g/mol. The molecule has 3 aromatic rings. The zero-order chi connectivity index (χ0) is 17.4. The van der Waals surface area contributed by atoms with Crippen molar-refractivity contribution < 1.29 is 9.59 Å². The SMILES string of the molecule is NC(=O)N(N)c1ccc2c(ccc3cc(N(N)C(N)=O)ccc32)c1. The quantitative estimate of drug-likeness (QED) is 0.245. The molecule has 122 valence electrons. The van der Waals surface area contributed by atoms with Gasteiger partial charge in [0.2, 0.25) is 0 Å². The minimum absolute atomic E-state index is 0.493. The summed E-state index contributed by atoms with van der Waals surface area (Å²) >= 11 is 0. The van der Waals surface area contributed by atoms with Crippen LogP contribution in [-0.4, -0.2) is 12.1 Å². The van der Waals surface area contributed by atoms with Gasteiger partial charge in [0.05, 0.1) is 11.4 Å². The summed E-state index contributed by atoms with van der Waals surface area (Å²) in [5.74, 6) is 11.2. The van der Waals surface area contributed by atoms with Gasteiger partial charge in [-0.25, -0.2) is 31.3 Å². The highest BCUT2D eigenvalue weighted by atomic mass is 16.2. The number of urea groups is 2. The molecule has 3 aromatic carbocycles. The van der Waals surface area contributed by atoms with Crippen LogP contribution in [0, 0.1) is 0 Å². The number of hydrogen-bond donors (Lipinski definition) is 4. The second-order valence-corrected chi connectivity index (χ2v) is 5.29. The molecule has 0 bridgehead atoms. The van der Waals surface area contributed by atoms with E-state index in [-0.39, 0.29) is 0 Å². The van der Waals surface area contributed by atoms with E-state index in [1.54, 1.807) is 24.3 Å². The van der Waals surface area contributed by atoms with Crippen LogP contribution in [0.15, 0.2) is 48.5 Å². The molecule has 8 heteroatoms. The third-order valence-electron chi connectivity index (χ3n) is 3.83. The molecule has 0 unspecified atom stereocenters. The van der Waals surface area contributed by atoms with E-state index in [1.807, 2.05) is 24.3 Å². The molecule has 0 fully saturated rings. The largest absolute Gasteiger partial charge is 0.350 e. The molecule has 24 heavy (non-hydrogen) atoms. The second-order valence-electron chi connectivity index (χ2n) is 5.29. The monoisotopic (exact) mass is 324 g/mol. The van der Waals surface area contributed by atoms with Gasteiger partial charge in [0, 0.05) is 0 Å². The Morgan fingerprint density at radius 1 is 0.667 bits per heavy atom. The van der Waals surface area contributed by atoms with Crippen molar-refractivity contribution in [2.75, 3.05) is 10.0 Å². The summed E-state index contributed by atoms with van der Waals surface area (Å²) in [6.45, 7) is 0. The molecule has 0 aromatic heterocycles. The van der Waals surface area contributed by atoms with Crippen LogP contribution in [-0.2, 0) is 0 Å². The summed E-state index contributed by atoms with van der Waals surface area (Å²) in [6.07, 6.45) is 0. The van der Waals surface area contributed by atoms with Gasteiger partial charge in [-0.1, -0.05) is 24.3 Å². The van der Waals surface area contributed by atoms with E-state index >= 15 is 0 Å². The first kappa shape index (κ1) is 15.5. The van der Waals surface area contributed by atoms with Crippen molar-refractivity contribution in [1.82, 2.24) is 0 Å². The molecule has 0 radical (unpaired) electrons. The lowest BCUT2D eigenvalue weighted by molar-refractivity contribution is 0.253. The van der Waals surface area contributed by atoms with Crippen molar-refractivity contribution in [3.8, 4) is 0 Å². The fourth-order valence-corrected chi connectivity index (χ4v) is 2.60. The van der Waals surface area contributed by atoms with Crippen LogP contribution in [0.4, 0.5) is 21.0 Å². The van der Waals surface area contributed by atoms with E-state index in [0.29, 0.717) is 11.4 Å². The van der Waals surface area contributed by atoms with Crippen molar-refractivity contribution in [3.05, 3.63) is 48.5 Å². The number of nitrogens with two attached hydrogens (primary N) is 4. The Morgan fingerprint density at radius 2 is 1.04 bits per heavy atom. The van der Waals surface area contributed by atoms with Gasteiger partial charge >= 0.3 is 12.1 Å².